The molecule has 6 nitrogen and oxygen atoms in total. The third-order valence-corrected chi connectivity index (χ3v) is 8.11. The van der Waals surface area contributed by atoms with Crippen molar-refractivity contribution < 1.29 is 13.2 Å². The van der Waals surface area contributed by atoms with Crippen molar-refractivity contribution in [2.45, 2.75) is 52.4 Å². The minimum atomic E-state index is -3.40. The van der Waals surface area contributed by atoms with Gasteiger partial charge in [-0.1, -0.05) is 75.6 Å². The fourth-order valence-corrected chi connectivity index (χ4v) is 5.35. The van der Waals surface area contributed by atoms with Gasteiger partial charge in [-0.25, -0.2) is 13.1 Å². The van der Waals surface area contributed by atoms with E-state index in [4.69, 9.17) is 12.2 Å². The van der Waals surface area contributed by atoms with Crippen LogP contribution in [0.3, 0.4) is 0 Å². The molecule has 0 spiro atoms. The van der Waals surface area contributed by atoms with E-state index in [1.807, 2.05) is 18.2 Å². The standard InChI is InChI=1S/C23H35N3O3S3/c1-4-6-8-14-25(15-9-7-5-2)20-12-10-19(11-13-20)18-21-22(27)26(23(30)31-21)16-17-32(28,29)24-3/h10-13,18,24H,4-9,14-17H2,1-3H3/b21-18-. The Kier molecular flexibility index (Phi) is 11.2. The average Bonchev–Trinajstić information content (AvgIpc) is 3.04. The Morgan fingerprint density at radius 3 is 2.19 bits per heavy atom. The molecule has 32 heavy (non-hydrogen) atoms. The van der Waals surface area contributed by atoms with Gasteiger partial charge in [-0.2, -0.15) is 0 Å². The van der Waals surface area contributed by atoms with Crippen LogP contribution in [0.15, 0.2) is 29.2 Å². The largest absolute Gasteiger partial charge is 0.372 e. The van der Waals surface area contributed by atoms with Gasteiger partial charge in [0.1, 0.15) is 4.32 Å². The van der Waals surface area contributed by atoms with Crippen molar-refractivity contribution in [1.82, 2.24) is 9.62 Å². The second kappa shape index (κ2) is 13.3. The van der Waals surface area contributed by atoms with Crippen LogP contribution < -0.4 is 9.62 Å². The van der Waals surface area contributed by atoms with Crippen molar-refractivity contribution in [3.05, 3.63) is 34.7 Å². The fourth-order valence-electron chi connectivity index (χ4n) is 3.41. The van der Waals surface area contributed by atoms with Gasteiger partial charge < -0.3 is 4.90 Å². The van der Waals surface area contributed by atoms with Crippen molar-refractivity contribution in [3.8, 4) is 0 Å². The van der Waals surface area contributed by atoms with Gasteiger partial charge in [0.25, 0.3) is 5.91 Å². The number of anilines is 1. The van der Waals surface area contributed by atoms with Gasteiger partial charge in [0.05, 0.1) is 10.7 Å². The quantitative estimate of drug-likeness (QED) is 0.230. The number of amides is 1. The number of carbonyl (C=O) groups excluding carboxylic acids is 1. The molecule has 1 N–H and O–H groups in total. The van der Waals surface area contributed by atoms with Gasteiger partial charge in [-0.05, 0) is 43.7 Å². The minimum absolute atomic E-state index is 0.0502. The van der Waals surface area contributed by atoms with Gasteiger partial charge in [-0.3, -0.25) is 9.69 Å². The molecule has 178 valence electrons. The fraction of sp³-hybridized carbons (Fsp3) is 0.565. The molecule has 0 atom stereocenters. The molecular weight excluding hydrogens is 462 g/mol. The Hall–Kier alpha value is -1.42. The summed E-state index contributed by atoms with van der Waals surface area (Å²) in [6.07, 6.45) is 9.10. The lowest BCUT2D eigenvalue weighted by molar-refractivity contribution is -0.121. The van der Waals surface area contributed by atoms with E-state index in [2.05, 4.69) is 35.6 Å². The van der Waals surface area contributed by atoms with Crippen LogP contribution in [-0.2, 0) is 14.8 Å². The highest BCUT2D eigenvalue weighted by molar-refractivity contribution is 8.26. The molecule has 1 aliphatic rings. The van der Waals surface area contributed by atoms with Crippen molar-refractivity contribution >= 4 is 56.0 Å². The number of thiocarbonyl (C=S) groups is 1. The van der Waals surface area contributed by atoms with E-state index in [0.717, 1.165) is 18.7 Å². The zero-order valence-electron chi connectivity index (χ0n) is 19.3. The maximum absolute atomic E-state index is 12.7. The summed E-state index contributed by atoms with van der Waals surface area (Å²) in [6.45, 7) is 6.61. The molecule has 2 rings (SSSR count). The highest BCUT2D eigenvalue weighted by Gasteiger charge is 2.32. The van der Waals surface area contributed by atoms with E-state index in [-0.39, 0.29) is 18.2 Å². The topological polar surface area (TPSA) is 69.7 Å². The van der Waals surface area contributed by atoms with E-state index in [9.17, 15) is 13.2 Å². The summed E-state index contributed by atoms with van der Waals surface area (Å²) in [6, 6.07) is 8.29. The van der Waals surface area contributed by atoms with Gasteiger partial charge in [0.15, 0.2) is 0 Å². The monoisotopic (exact) mass is 497 g/mol. The molecule has 0 bridgehead atoms. The Bertz CT molecular complexity index is 889. The number of rotatable bonds is 14. The van der Waals surface area contributed by atoms with Crippen molar-refractivity contribution in [2.75, 3.05) is 37.3 Å². The van der Waals surface area contributed by atoms with Crippen molar-refractivity contribution in [1.29, 1.82) is 0 Å². The molecule has 0 radical (unpaired) electrons. The van der Waals surface area contributed by atoms with E-state index >= 15 is 0 Å². The first-order valence-electron chi connectivity index (χ1n) is 11.3. The number of carbonyl (C=O) groups is 1. The molecule has 0 unspecified atom stereocenters. The van der Waals surface area contributed by atoms with Crippen LogP contribution in [-0.4, -0.2) is 56.0 Å². The number of hydrogen-bond acceptors (Lipinski definition) is 6. The summed E-state index contributed by atoms with van der Waals surface area (Å²) < 4.78 is 26.0. The molecule has 1 aromatic rings. The third kappa shape index (κ3) is 8.17. The lowest BCUT2D eigenvalue weighted by Gasteiger charge is -2.25. The van der Waals surface area contributed by atoms with Crippen LogP contribution in [0, 0.1) is 0 Å². The van der Waals surface area contributed by atoms with Crippen LogP contribution in [0.4, 0.5) is 5.69 Å². The predicted molar refractivity (Wildman–Crippen MR) is 140 cm³/mol. The van der Waals surface area contributed by atoms with E-state index in [1.54, 1.807) is 0 Å². The summed E-state index contributed by atoms with van der Waals surface area (Å²) in [4.78, 5) is 17.1. The van der Waals surface area contributed by atoms with Crippen LogP contribution >= 0.6 is 24.0 Å². The summed E-state index contributed by atoms with van der Waals surface area (Å²) >= 11 is 6.51. The van der Waals surface area contributed by atoms with Crippen LogP contribution in [0.5, 0.6) is 0 Å². The molecule has 1 aliphatic heterocycles. The minimum Gasteiger partial charge on any atom is -0.372 e. The number of unbranched alkanes of at least 4 members (excludes halogenated alkanes) is 4. The number of sulfonamides is 1. The molecule has 9 heteroatoms. The van der Waals surface area contributed by atoms with Gasteiger partial charge >= 0.3 is 0 Å². The Morgan fingerprint density at radius 2 is 1.66 bits per heavy atom. The Balaban J connectivity index is 2.07. The lowest BCUT2D eigenvalue weighted by atomic mass is 10.1. The highest BCUT2D eigenvalue weighted by atomic mass is 32.2. The summed E-state index contributed by atoms with van der Waals surface area (Å²) in [5.74, 6) is -0.416. The Morgan fingerprint density at radius 1 is 1.06 bits per heavy atom. The molecular formula is C23H35N3O3S3. The maximum atomic E-state index is 12.7. The van der Waals surface area contributed by atoms with Crippen LogP contribution in [0.25, 0.3) is 6.08 Å². The van der Waals surface area contributed by atoms with Gasteiger partial charge in [0, 0.05) is 25.3 Å². The molecule has 1 aromatic carbocycles. The second-order valence-corrected chi connectivity index (χ2v) is 11.6. The van der Waals surface area contributed by atoms with Crippen molar-refractivity contribution in [3.63, 3.8) is 0 Å². The first-order valence-corrected chi connectivity index (χ1v) is 14.2. The van der Waals surface area contributed by atoms with E-state index in [1.165, 1.54) is 67.9 Å². The zero-order valence-corrected chi connectivity index (χ0v) is 21.8. The number of nitrogens with zero attached hydrogens (tertiary/aromatic N) is 2. The summed E-state index contributed by atoms with van der Waals surface area (Å²) in [5.41, 5.74) is 2.14. The summed E-state index contributed by atoms with van der Waals surface area (Å²) in [7, 11) is -2.04. The van der Waals surface area contributed by atoms with Gasteiger partial charge in [-0.15, -0.1) is 0 Å². The highest BCUT2D eigenvalue weighted by Crippen LogP contribution is 2.32. The molecule has 0 aliphatic carbocycles. The number of thioether (sulfide) groups is 1. The van der Waals surface area contributed by atoms with E-state index in [0.29, 0.717) is 9.23 Å². The van der Waals surface area contributed by atoms with Crippen LogP contribution in [0.2, 0.25) is 0 Å². The molecule has 1 heterocycles. The predicted octanol–water partition coefficient (Wildman–Crippen LogP) is 4.62. The molecule has 1 fully saturated rings. The SMILES string of the molecule is CCCCCN(CCCCC)c1ccc(/C=C2\SC(=S)N(CCS(=O)(=O)NC)C2=O)cc1. The normalized spacial score (nSPS) is 15.7. The number of benzene rings is 1. The third-order valence-electron chi connectivity index (χ3n) is 5.39. The molecule has 1 saturated heterocycles. The zero-order chi connectivity index (χ0) is 23.6. The number of nitrogens with one attached hydrogen (secondary N) is 1. The van der Waals surface area contributed by atoms with Gasteiger partial charge in [0.2, 0.25) is 10.0 Å². The maximum Gasteiger partial charge on any atom is 0.266 e. The summed E-state index contributed by atoms with van der Waals surface area (Å²) in [5, 5.41) is 0. The van der Waals surface area contributed by atoms with Crippen molar-refractivity contribution in [2.24, 2.45) is 0 Å². The Labute approximate surface area is 202 Å². The average molecular weight is 498 g/mol. The molecule has 0 aromatic heterocycles. The van der Waals surface area contributed by atoms with E-state index < -0.39 is 10.0 Å². The van der Waals surface area contributed by atoms with Crippen LogP contribution in [0.1, 0.15) is 57.9 Å². The first-order chi connectivity index (χ1) is 15.3. The lowest BCUT2D eigenvalue weighted by Crippen LogP contribution is -2.35. The molecule has 1 amide bonds. The number of hydrogen-bond donors (Lipinski definition) is 1. The smallest absolute Gasteiger partial charge is 0.266 e. The molecule has 0 saturated carbocycles. The first kappa shape index (κ1) is 26.8. The second-order valence-electron chi connectivity index (χ2n) is 7.85.